The van der Waals surface area contributed by atoms with E-state index in [0.29, 0.717) is 18.5 Å². The first kappa shape index (κ1) is 22.9. The first-order valence-electron chi connectivity index (χ1n) is 11.2. The molecule has 2 aliphatic rings. The van der Waals surface area contributed by atoms with Gasteiger partial charge >= 0.3 is 5.69 Å². The van der Waals surface area contributed by atoms with Crippen LogP contribution in [-0.4, -0.2) is 44.9 Å². The highest BCUT2D eigenvalue weighted by atomic mass is 19.1. The predicted octanol–water partition coefficient (Wildman–Crippen LogP) is 0.712. The van der Waals surface area contributed by atoms with Crippen LogP contribution in [0.25, 0.3) is 0 Å². The van der Waals surface area contributed by atoms with Gasteiger partial charge in [-0.25, -0.2) is 9.18 Å². The summed E-state index contributed by atoms with van der Waals surface area (Å²) in [5.41, 5.74) is 10.8. The van der Waals surface area contributed by atoms with E-state index in [4.69, 9.17) is 11.5 Å². The molecule has 2 fully saturated rings. The molecule has 0 unspecified atom stereocenters. The number of carbonyl (C=O) groups excluding carboxylic acids is 2. The van der Waals surface area contributed by atoms with E-state index in [2.05, 4.69) is 0 Å². The first-order valence-corrected chi connectivity index (χ1v) is 11.2. The summed E-state index contributed by atoms with van der Waals surface area (Å²) >= 11 is 0. The van der Waals surface area contributed by atoms with Crippen LogP contribution >= 0.6 is 0 Å². The number of rotatable bonds is 8. The van der Waals surface area contributed by atoms with E-state index in [1.54, 1.807) is 4.90 Å². The number of anilines is 1. The summed E-state index contributed by atoms with van der Waals surface area (Å²) in [6.07, 6.45) is 4.00. The molecule has 1 saturated carbocycles. The molecule has 2 heterocycles. The molecule has 0 bridgehead atoms. The number of nitrogens with zero attached hydrogens (tertiary/aromatic N) is 3. The van der Waals surface area contributed by atoms with Gasteiger partial charge in [-0.05, 0) is 55.8 Å². The second kappa shape index (κ2) is 9.30. The average Bonchev–Trinajstić information content (AvgIpc) is 3.60. The third-order valence-electron chi connectivity index (χ3n) is 6.43. The topological polar surface area (TPSA) is 133 Å². The highest BCUT2D eigenvalue weighted by Gasteiger charge is 2.32. The zero-order valence-electron chi connectivity index (χ0n) is 18.3. The maximum Gasteiger partial charge on any atom is 0.332 e. The Morgan fingerprint density at radius 1 is 1.03 bits per heavy atom. The van der Waals surface area contributed by atoms with Crippen molar-refractivity contribution in [3.05, 3.63) is 62.0 Å². The minimum absolute atomic E-state index is 0.0101. The number of Topliss-reactive ketones (excluding diaryl/α,β-unsaturated/α-hetero) is 1. The molecule has 4 N–H and O–H groups in total. The summed E-state index contributed by atoms with van der Waals surface area (Å²) in [6.45, 7) is 0.523. The van der Waals surface area contributed by atoms with Gasteiger partial charge in [0.15, 0.2) is 5.78 Å². The number of benzene rings is 1. The van der Waals surface area contributed by atoms with Gasteiger partial charge in [0.05, 0.1) is 19.1 Å². The van der Waals surface area contributed by atoms with Gasteiger partial charge in [0.2, 0.25) is 5.91 Å². The summed E-state index contributed by atoms with van der Waals surface area (Å²) in [4.78, 5) is 53.1. The van der Waals surface area contributed by atoms with E-state index in [9.17, 15) is 23.6 Å². The third-order valence-corrected chi connectivity index (χ3v) is 6.43. The molecule has 1 saturated heterocycles. The van der Waals surface area contributed by atoms with Gasteiger partial charge in [0.1, 0.15) is 17.2 Å². The number of nitrogen functional groups attached to an aromatic ring is 1. The Kier molecular flexibility index (Phi) is 6.46. The molecule has 0 radical (unpaired) electrons. The molecule has 1 amide bonds. The summed E-state index contributed by atoms with van der Waals surface area (Å²) in [5.74, 6) is -1.49. The van der Waals surface area contributed by atoms with Crippen molar-refractivity contribution in [1.29, 1.82) is 0 Å². The van der Waals surface area contributed by atoms with Crippen LogP contribution < -0.4 is 22.7 Å². The fraction of sp³-hybridized carbons (Fsp3) is 0.478. The molecule has 33 heavy (non-hydrogen) atoms. The molecule has 1 aromatic carbocycles. The number of aromatic nitrogens is 2. The summed E-state index contributed by atoms with van der Waals surface area (Å²) in [7, 11) is 0. The number of likely N-dealkylation sites (tertiary alicyclic amines) is 1. The van der Waals surface area contributed by atoms with Crippen LogP contribution in [0.2, 0.25) is 0 Å². The van der Waals surface area contributed by atoms with Gasteiger partial charge in [-0.2, -0.15) is 0 Å². The van der Waals surface area contributed by atoms with E-state index in [1.165, 1.54) is 28.8 Å². The second-order valence-electron chi connectivity index (χ2n) is 8.92. The Morgan fingerprint density at radius 3 is 2.36 bits per heavy atom. The summed E-state index contributed by atoms with van der Waals surface area (Å²) < 4.78 is 15.6. The van der Waals surface area contributed by atoms with Crippen molar-refractivity contribution in [3.8, 4) is 0 Å². The number of amides is 1. The van der Waals surface area contributed by atoms with Gasteiger partial charge in [-0.15, -0.1) is 0 Å². The lowest BCUT2D eigenvalue weighted by Gasteiger charge is -2.33. The SMILES string of the molecule is NC(=O)[C@H]1CCCCN1CC(=O)c1c(N)n(Cc2ccc(F)cc2)c(=O)n(CC2CC2)c1=O. The molecule has 1 aliphatic carbocycles. The number of primary amides is 1. The molecule has 1 aliphatic heterocycles. The Balaban J connectivity index is 1.73. The normalized spacial score (nSPS) is 18.9. The van der Waals surface area contributed by atoms with E-state index in [1.807, 2.05) is 0 Å². The Morgan fingerprint density at radius 2 is 1.73 bits per heavy atom. The highest BCUT2D eigenvalue weighted by molar-refractivity contribution is 6.01. The first-order chi connectivity index (χ1) is 15.8. The van der Waals surface area contributed by atoms with Crippen LogP contribution in [0, 0.1) is 11.7 Å². The molecule has 4 rings (SSSR count). The van der Waals surface area contributed by atoms with Crippen molar-refractivity contribution in [1.82, 2.24) is 14.0 Å². The van der Waals surface area contributed by atoms with E-state index >= 15 is 0 Å². The number of hydrogen-bond acceptors (Lipinski definition) is 6. The smallest absolute Gasteiger partial charge is 0.332 e. The van der Waals surface area contributed by atoms with Crippen molar-refractivity contribution >= 4 is 17.5 Å². The number of hydrogen-bond donors (Lipinski definition) is 2. The molecule has 176 valence electrons. The average molecular weight is 458 g/mol. The molecular weight excluding hydrogens is 429 g/mol. The molecule has 1 atom stereocenters. The number of carbonyl (C=O) groups is 2. The lowest BCUT2D eigenvalue weighted by molar-refractivity contribution is -0.124. The number of nitrogens with two attached hydrogens (primary N) is 2. The second-order valence-corrected chi connectivity index (χ2v) is 8.92. The number of halogens is 1. The molecule has 9 nitrogen and oxygen atoms in total. The standard InChI is InChI=1S/C23H28FN5O4/c24-16-8-6-15(7-9-16)11-28-20(25)19(22(32)29(23(28)33)12-14-4-5-14)18(30)13-27-10-2-1-3-17(27)21(26)31/h6-9,14,17H,1-5,10-13,25H2,(H2,26,31)/t17-/m1/s1. The van der Waals surface area contributed by atoms with Gasteiger partial charge in [-0.3, -0.25) is 28.4 Å². The molecule has 10 heteroatoms. The van der Waals surface area contributed by atoms with E-state index in [0.717, 1.165) is 30.3 Å². The van der Waals surface area contributed by atoms with Crippen molar-refractivity contribution in [2.24, 2.45) is 11.7 Å². The molecule has 0 spiro atoms. The Labute approximate surface area is 189 Å². The maximum absolute atomic E-state index is 13.3. The lowest BCUT2D eigenvalue weighted by atomic mass is 10.0. The zero-order chi connectivity index (χ0) is 23.7. The predicted molar refractivity (Wildman–Crippen MR) is 120 cm³/mol. The fourth-order valence-corrected chi connectivity index (χ4v) is 4.39. The van der Waals surface area contributed by atoms with Crippen molar-refractivity contribution in [2.45, 2.75) is 51.2 Å². The quantitative estimate of drug-likeness (QED) is 0.561. The molecule has 1 aromatic heterocycles. The van der Waals surface area contributed by atoms with Gasteiger partial charge in [0.25, 0.3) is 5.56 Å². The number of piperidine rings is 1. The maximum atomic E-state index is 13.3. The van der Waals surface area contributed by atoms with Gasteiger partial charge < -0.3 is 11.5 Å². The van der Waals surface area contributed by atoms with Crippen LogP contribution in [0.4, 0.5) is 10.2 Å². The van der Waals surface area contributed by atoms with Gasteiger partial charge in [0, 0.05) is 6.54 Å². The number of ketones is 1. The van der Waals surface area contributed by atoms with Gasteiger partial charge in [-0.1, -0.05) is 18.6 Å². The molecule has 2 aromatic rings. The van der Waals surface area contributed by atoms with Crippen LogP contribution in [0.3, 0.4) is 0 Å². The van der Waals surface area contributed by atoms with Crippen molar-refractivity contribution < 1.29 is 14.0 Å². The Hall–Kier alpha value is -3.27. The van der Waals surface area contributed by atoms with Crippen molar-refractivity contribution in [2.75, 3.05) is 18.8 Å². The van der Waals surface area contributed by atoms with Crippen LogP contribution in [0.1, 0.15) is 48.0 Å². The summed E-state index contributed by atoms with van der Waals surface area (Å²) in [5, 5.41) is 0. The molecular formula is C23H28FN5O4. The van der Waals surface area contributed by atoms with E-state index < -0.39 is 34.8 Å². The zero-order valence-corrected chi connectivity index (χ0v) is 18.3. The third kappa shape index (κ3) is 4.90. The van der Waals surface area contributed by atoms with Crippen LogP contribution in [0.5, 0.6) is 0 Å². The summed E-state index contributed by atoms with van der Waals surface area (Å²) in [6, 6.07) is 4.99. The highest BCUT2D eigenvalue weighted by Crippen LogP contribution is 2.29. The minimum atomic E-state index is -0.711. The lowest BCUT2D eigenvalue weighted by Crippen LogP contribution is -2.51. The minimum Gasteiger partial charge on any atom is -0.384 e. The Bertz CT molecular complexity index is 1180. The van der Waals surface area contributed by atoms with E-state index in [-0.39, 0.29) is 36.9 Å². The largest absolute Gasteiger partial charge is 0.384 e. The fourth-order valence-electron chi connectivity index (χ4n) is 4.39. The van der Waals surface area contributed by atoms with Crippen LogP contribution in [-0.2, 0) is 17.9 Å². The van der Waals surface area contributed by atoms with Crippen molar-refractivity contribution in [3.63, 3.8) is 0 Å². The monoisotopic (exact) mass is 457 g/mol. The van der Waals surface area contributed by atoms with Crippen LogP contribution in [0.15, 0.2) is 33.9 Å².